The van der Waals surface area contributed by atoms with Crippen LogP contribution in [0.3, 0.4) is 0 Å². The molecule has 1 unspecified atom stereocenters. The number of nitrogens with zero attached hydrogens (tertiary/aromatic N) is 4. The van der Waals surface area contributed by atoms with Crippen molar-refractivity contribution in [1.29, 1.82) is 0 Å². The molecular weight excluding hydrogens is 328 g/mol. The molecule has 3 aromatic rings. The Bertz CT molecular complexity index is 864. The predicted octanol–water partition coefficient (Wildman–Crippen LogP) is 3.37. The van der Waals surface area contributed by atoms with Crippen LogP contribution in [-0.2, 0) is 6.42 Å². The number of rotatable bonds is 5. The number of likely N-dealkylation sites (tertiary alicyclic amines) is 1. The minimum atomic E-state index is 0.0543. The molecule has 0 saturated carbocycles. The van der Waals surface area contributed by atoms with Gasteiger partial charge in [-0.25, -0.2) is 0 Å². The van der Waals surface area contributed by atoms with Crippen molar-refractivity contribution in [2.45, 2.75) is 31.7 Å². The third-order valence-electron chi connectivity index (χ3n) is 4.74. The minimum Gasteiger partial charge on any atom is -0.336 e. The fourth-order valence-electron chi connectivity index (χ4n) is 3.41. The number of carbonyl (C=O) groups excluding carboxylic acids is 1. The first-order valence-electron chi connectivity index (χ1n) is 8.90. The Labute approximate surface area is 151 Å². The molecule has 3 heterocycles. The smallest absolute Gasteiger partial charge is 0.257 e. The third kappa shape index (κ3) is 3.49. The molecule has 0 aliphatic carbocycles. The van der Waals surface area contributed by atoms with E-state index in [0.29, 0.717) is 23.7 Å². The van der Waals surface area contributed by atoms with E-state index in [1.165, 1.54) is 0 Å². The van der Waals surface area contributed by atoms with Gasteiger partial charge in [-0.15, -0.1) is 0 Å². The van der Waals surface area contributed by atoms with Crippen molar-refractivity contribution in [3.8, 4) is 11.5 Å². The van der Waals surface area contributed by atoms with Crippen LogP contribution in [0.4, 0.5) is 0 Å². The van der Waals surface area contributed by atoms with Crippen molar-refractivity contribution in [2.75, 3.05) is 6.54 Å². The Morgan fingerprint density at radius 2 is 2.08 bits per heavy atom. The molecule has 6 heteroatoms. The molecule has 132 valence electrons. The largest absolute Gasteiger partial charge is 0.336 e. The number of hydrogen-bond donors (Lipinski definition) is 0. The summed E-state index contributed by atoms with van der Waals surface area (Å²) in [6, 6.07) is 13.6. The molecule has 1 aliphatic heterocycles. The average Bonchev–Trinajstić information content (AvgIpc) is 3.36. The molecule has 1 fully saturated rings. The van der Waals surface area contributed by atoms with Crippen LogP contribution in [0.5, 0.6) is 0 Å². The van der Waals surface area contributed by atoms with E-state index in [4.69, 9.17) is 4.52 Å². The van der Waals surface area contributed by atoms with Crippen LogP contribution in [0.15, 0.2) is 59.4 Å². The van der Waals surface area contributed by atoms with Gasteiger partial charge < -0.3 is 9.42 Å². The summed E-state index contributed by atoms with van der Waals surface area (Å²) in [5, 5.41) is 4.08. The fourth-order valence-corrected chi connectivity index (χ4v) is 3.41. The van der Waals surface area contributed by atoms with Gasteiger partial charge in [-0.2, -0.15) is 4.98 Å². The number of amides is 1. The van der Waals surface area contributed by atoms with Crippen molar-refractivity contribution < 1.29 is 9.32 Å². The van der Waals surface area contributed by atoms with Crippen molar-refractivity contribution in [2.24, 2.45) is 0 Å². The zero-order chi connectivity index (χ0) is 17.8. The maximum absolute atomic E-state index is 12.7. The van der Waals surface area contributed by atoms with Crippen LogP contribution in [0.25, 0.3) is 11.5 Å². The second kappa shape index (κ2) is 7.47. The maximum Gasteiger partial charge on any atom is 0.257 e. The summed E-state index contributed by atoms with van der Waals surface area (Å²) in [4.78, 5) is 23.2. The Hall–Kier alpha value is -3.02. The topological polar surface area (TPSA) is 72.1 Å². The van der Waals surface area contributed by atoms with Gasteiger partial charge in [0.1, 0.15) is 0 Å². The van der Waals surface area contributed by atoms with Crippen LogP contribution in [0.2, 0.25) is 0 Å². The molecule has 6 nitrogen and oxygen atoms in total. The molecule has 1 aromatic carbocycles. The maximum atomic E-state index is 12.7. The molecule has 1 saturated heterocycles. The van der Waals surface area contributed by atoms with Gasteiger partial charge in [-0.1, -0.05) is 23.4 Å². The number of carbonyl (C=O) groups is 1. The van der Waals surface area contributed by atoms with Crippen molar-refractivity contribution in [3.05, 3.63) is 66.2 Å². The molecule has 0 bridgehead atoms. The van der Waals surface area contributed by atoms with E-state index in [1.807, 2.05) is 41.3 Å². The SMILES string of the molecule is O=C(c1cccnc1)N1CCCC1CCc1noc(-c2ccccc2)n1. The molecule has 1 atom stereocenters. The highest BCUT2D eigenvalue weighted by atomic mass is 16.5. The molecular formula is C20H20N4O2. The lowest BCUT2D eigenvalue weighted by Gasteiger charge is -2.24. The first kappa shape index (κ1) is 16.4. The monoisotopic (exact) mass is 348 g/mol. The van der Waals surface area contributed by atoms with Gasteiger partial charge in [0, 0.05) is 37.0 Å². The van der Waals surface area contributed by atoms with E-state index in [-0.39, 0.29) is 11.9 Å². The zero-order valence-corrected chi connectivity index (χ0v) is 14.4. The molecule has 2 aromatic heterocycles. The lowest BCUT2D eigenvalue weighted by molar-refractivity contribution is 0.0729. The molecule has 0 radical (unpaired) electrons. The van der Waals surface area contributed by atoms with Crippen LogP contribution in [0.1, 0.15) is 35.4 Å². The molecule has 1 aliphatic rings. The first-order valence-corrected chi connectivity index (χ1v) is 8.90. The average molecular weight is 348 g/mol. The van der Waals surface area contributed by atoms with Gasteiger partial charge in [-0.05, 0) is 43.5 Å². The summed E-state index contributed by atoms with van der Waals surface area (Å²) in [5.41, 5.74) is 1.56. The van der Waals surface area contributed by atoms with Gasteiger partial charge in [0.15, 0.2) is 5.82 Å². The number of hydrogen-bond acceptors (Lipinski definition) is 5. The third-order valence-corrected chi connectivity index (χ3v) is 4.74. The van der Waals surface area contributed by atoms with E-state index in [0.717, 1.165) is 31.4 Å². The van der Waals surface area contributed by atoms with E-state index in [9.17, 15) is 4.79 Å². The molecule has 0 spiro atoms. The van der Waals surface area contributed by atoms with Gasteiger partial charge >= 0.3 is 0 Å². The second-order valence-corrected chi connectivity index (χ2v) is 6.46. The van der Waals surface area contributed by atoms with E-state index >= 15 is 0 Å². The molecule has 26 heavy (non-hydrogen) atoms. The summed E-state index contributed by atoms with van der Waals surface area (Å²) < 4.78 is 5.36. The highest BCUT2D eigenvalue weighted by Crippen LogP contribution is 2.24. The minimum absolute atomic E-state index is 0.0543. The summed E-state index contributed by atoms with van der Waals surface area (Å²) >= 11 is 0. The fraction of sp³-hybridized carbons (Fsp3) is 0.300. The van der Waals surface area contributed by atoms with Gasteiger partial charge in [0.05, 0.1) is 5.56 Å². The Balaban J connectivity index is 1.40. The quantitative estimate of drug-likeness (QED) is 0.707. The Kier molecular flexibility index (Phi) is 4.73. The summed E-state index contributed by atoms with van der Waals surface area (Å²) in [7, 11) is 0. The van der Waals surface area contributed by atoms with Crippen molar-refractivity contribution in [3.63, 3.8) is 0 Å². The lowest BCUT2D eigenvalue weighted by atomic mass is 10.1. The normalized spacial score (nSPS) is 16.8. The van der Waals surface area contributed by atoms with E-state index < -0.39 is 0 Å². The summed E-state index contributed by atoms with van der Waals surface area (Å²) in [5.74, 6) is 1.28. The van der Waals surface area contributed by atoms with Gasteiger partial charge in [0.2, 0.25) is 0 Å². The van der Waals surface area contributed by atoms with Crippen LogP contribution >= 0.6 is 0 Å². The zero-order valence-electron chi connectivity index (χ0n) is 14.4. The van der Waals surface area contributed by atoms with Gasteiger partial charge in [0.25, 0.3) is 11.8 Å². The highest BCUT2D eigenvalue weighted by Gasteiger charge is 2.29. The first-order chi connectivity index (χ1) is 12.8. The summed E-state index contributed by atoms with van der Waals surface area (Å²) in [6.45, 7) is 0.792. The highest BCUT2D eigenvalue weighted by molar-refractivity contribution is 5.94. The number of benzene rings is 1. The number of aromatic nitrogens is 3. The van der Waals surface area contributed by atoms with Crippen molar-refractivity contribution >= 4 is 5.91 Å². The number of aryl methyl sites for hydroxylation is 1. The Morgan fingerprint density at radius 3 is 2.88 bits per heavy atom. The summed E-state index contributed by atoms with van der Waals surface area (Å²) in [6.07, 6.45) is 6.87. The standard InChI is InChI=1S/C20H20N4O2/c25-20(16-8-4-12-21-14-16)24-13-5-9-17(24)10-11-18-22-19(26-23-18)15-6-2-1-3-7-15/h1-4,6-8,12,14,17H,5,9-11,13H2. The Morgan fingerprint density at radius 1 is 1.19 bits per heavy atom. The van der Waals surface area contributed by atoms with Crippen LogP contribution in [0, 0.1) is 0 Å². The number of pyridine rings is 1. The van der Waals surface area contributed by atoms with Crippen molar-refractivity contribution in [1.82, 2.24) is 20.0 Å². The molecule has 4 rings (SSSR count). The molecule has 0 N–H and O–H groups in total. The van der Waals surface area contributed by atoms with Gasteiger partial charge in [-0.3, -0.25) is 9.78 Å². The predicted molar refractivity (Wildman–Crippen MR) is 96.4 cm³/mol. The lowest BCUT2D eigenvalue weighted by Crippen LogP contribution is -2.35. The van der Waals surface area contributed by atoms with E-state index in [1.54, 1.807) is 18.5 Å². The van der Waals surface area contributed by atoms with E-state index in [2.05, 4.69) is 15.1 Å². The second-order valence-electron chi connectivity index (χ2n) is 6.46. The molecule has 1 amide bonds. The van der Waals surface area contributed by atoms with Crippen LogP contribution < -0.4 is 0 Å². The van der Waals surface area contributed by atoms with Crippen LogP contribution in [-0.4, -0.2) is 38.5 Å².